The van der Waals surface area contributed by atoms with E-state index in [1.807, 2.05) is 67.5 Å². The van der Waals surface area contributed by atoms with E-state index in [4.69, 9.17) is 9.84 Å². The molecule has 0 fully saturated rings. The lowest BCUT2D eigenvalue weighted by Gasteiger charge is -2.14. The summed E-state index contributed by atoms with van der Waals surface area (Å²) in [4.78, 5) is 12.9. The Morgan fingerprint density at radius 3 is 2.48 bits per heavy atom. The molecular weight excluding hydrogens is 266 g/mol. The van der Waals surface area contributed by atoms with Crippen LogP contribution in [-0.4, -0.2) is 25.2 Å². The Morgan fingerprint density at radius 2 is 1.81 bits per heavy atom. The molecule has 0 aliphatic rings. The molecular formula is C17H19NO3. The van der Waals surface area contributed by atoms with Crippen LogP contribution in [-0.2, 0) is 17.8 Å². The van der Waals surface area contributed by atoms with Gasteiger partial charge in [-0.2, -0.15) is 0 Å². The quantitative estimate of drug-likeness (QED) is 0.886. The maximum Gasteiger partial charge on any atom is 0.307 e. The Bertz CT molecular complexity index is 623. The van der Waals surface area contributed by atoms with Gasteiger partial charge in [0.15, 0.2) is 0 Å². The zero-order chi connectivity index (χ0) is 15.2. The van der Waals surface area contributed by atoms with Gasteiger partial charge < -0.3 is 14.7 Å². The molecule has 0 spiro atoms. The monoisotopic (exact) mass is 285 g/mol. The van der Waals surface area contributed by atoms with Crippen molar-refractivity contribution in [2.45, 2.75) is 13.0 Å². The molecule has 0 aliphatic carbocycles. The molecule has 0 atom stereocenters. The van der Waals surface area contributed by atoms with Crippen LogP contribution in [0.25, 0.3) is 0 Å². The second-order valence-corrected chi connectivity index (χ2v) is 5.02. The number of ether oxygens (including phenoxy) is 1. The maximum absolute atomic E-state index is 10.9. The second-order valence-electron chi connectivity index (χ2n) is 5.02. The van der Waals surface area contributed by atoms with Crippen LogP contribution >= 0.6 is 0 Å². The third-order valence-corrected chi connectivity index (χ3v) is 3.19. The Hall–Kier alpha value is -2.49. The lowest BCUT2D eigenvalue weighted by molar-refractivity contribution is -0.136. The molecule has 0 bridgehead atoms. The van der Waals surface area contributed by atoms with Crippen LogP contribution in [0.3, 0.4) is 0 Å². The van der Waals surface area contributed by atoms with Crippen molar-refractivity contribution in [3.63, 3.8) is 0 Å². The summed E-state index contributed by atoms with van der Waals surface area (Å²) in [5.74, 6) is -0.0663. The molecule has 0 amide bonds. The molecule has 4 nitrogen and oxygen atoms in total. The van der Waals surface area contributed by atoms with Crippen molar-refractivity contribution in [3.05, 3.63) is 59.7 Å². The number of aliphatic carboxylic acids is 1. The van der Waals surface area contributed by atoms with Crippen LogP contribution in [0.15, 0.2) is 48.5 Å². The van der Waals surface area contributed by atoms with Crippen LogP contribution in [0.4, 0.5) is 5.69 Å². The molecule has 110 valence electrons. The summed E-state index contributed by atoms with van der Waals surface area (Å²) in [7, 11) is 3.95. The summed E-state index contributed by atoms with van der Waals surface area (Å²) in [5.41, 5.74) is 2.75. The van der Waals surface area contributed by atoms with Crippen molar-refractivity contribution >= 4 is 11.7 Å². The number of benzene rings is 2. The molecule has 0 heterocycles. The Balaban J connectivity index is 2.09. The Kier molecular flexibility index (Phi) is 4.82. The number of nitrogens with zero attached hydrogens (tertiary/aromatic N) is 1. The molecule has 0 aliphatic heterocycles. The van der Waals surface area contributed by atoms with E-state index < -0.39 is 5.97 Å². The summed E-state index contributed by atoms with van der Waals surface area (Å²) in [6.07, 6.45) is 0.0112. The van der Waals surface area contributed by atoms with Crippen LogP contribution < -0.4 is 9.64 Å². The van der Waals surface area contributed by atoms with Gasteiger partial charge in [0.05, 0.1) is 6.42 Å². The first-order valence-corrected chi connectivity index (χ1v) is 6.75. The fourth-order valence-corrected chi connectivity index (χ4v) is 2.05. The lowest BCUT2D eigenvalue weighted by atomic mass is 10.1. The summed E-state index contributed by atoms with van der Waals surface area (Å²) in [6, 6.07) is 15.2. The Morgan fingerprint density at radius 1 is 1.10 bits per heavy atom. The zero-order valence-corrected chi connectivity index (χ0v) is 12.2. The molecule has 0 aromatic heterocycles. The molecule has 0 saturated carbocycles. The molecule has 2 aromatic carbocycles. The van der Waals surface area contributed by atoms with Gasteiger partial charge in [-0.3, -0.25) is 4.79 Å². The number of carbonyl (C=O) groups is 1. The third kappa shape index (κ3) is 4.24. The fourth-order valence-electron chi connectivity index (χ4n) is 2.05. The summed E-state index contributed by atoms with van der Waals surface area (Å²) < 4.78 is 5.79. The second kappa shape index (κ2) is 6.79. The highest BCUT2D eigenvalue weighted by molar-refractivity contribution is 5.70. The van der Waals surface area contributed by atoms with Crippen molar-refractivity contribution in [2.24, 2.45) is 0 Å². The van der Waals surface area contributed by atoms with Crippen LogP contribution in [0.2, 0.25) is 0 Å². The van der Waals surface area contributed by atoms with Gasteiger partial charge in [-0.25, -0.2) is 0 Å². The third-order valence-electron chi connectivity index (χ3n) is 3.19. The highest BCUT2D eigenvalue weighted by Crippen LogP contribution is 2.21. The van der Waals surface area contributed by atoms with Gasteiger partial charge in [0.25, 0.3) is 0 Å². The highest BCUT2D eigenvalue weighted by Gasteiger charge is 2.07. The van der Waals surface area contributed by atoms with Gasteiger partial charge in [0.2, 0.25) is 0 Å². The number of carboxylic acids is 1. The molecule has 0 saturated heterocycles. The van der Waals surface area contributed by atoms with Crippen molar-refractivity contribution in [3.8, 4) is 5.75 Å². The van der Waals surface area contributed by atoms with E-state index >= 15 is 0 Å². The highest BCUT2D eigenvalue weighted by atomic mass is 16.5. The van der Waals surface area contributed by atoms with E-state index in [0.717, 1.165) is 22.6 Å². The summed E-state index contributed by atoms with van der Waals surface area (Å²) >= 11 is 0. The Labute approximate surface area is 124 Å². The SMILES string of the molecule is CN(C)c1cccc(OCc2ccccc2CC(=O)O)c1. The minimum Gasteiger partial charge on any atom is -0.489 e. The molecule has 0 radical (unpaired) electrons. The van der Waals surface area contributed by atoms with Gasteiger partial charge in [-0.1, -0.05) is 30.3 Å². The van der Waals surface area contributed by atoms with E-state index in [2.05, 4.69) is 0 Å². The van der Waals surface area contributed by atoms with E-state index in [1.165, 1.54) is 0 Å². The van der Waals surface area contributed by atoms with E-state index in [0.29, 0.717) is 6.61 Å². The summed E-state index contributed by atoms with van der Waals surface area (Å²) in [5, 5.41) is 8.93. The predicted octanol–water partition coefficient (Wildman–Crippen LogP) is 2.96. The molecule has 2 aromatic rings. The predicted molar refractivity (Wildman–Crippen MR) is 82.9 cm³/mol. The number of anilines is 1. The normalized spacial score (nSPS) is 10.2. The van der Waals surface area contributed by atoms with E-state index in [1.54, 1.807) is 0 Å². The number of rotatable bonds is 6. The van der Waals surface area contributed by atoms with Crippen molar-refractivity contribution in [1.82, 2.24) is 0 Å². The molecule has 2 rings (SSSR count). The summed E-state index contributed by atoms with van der Waals surface area (Å²) in [6.45, 7) is 0.361. The van der Waals surface area contributed by atoms with Crippen molar-refractivity contribution < 1.29 is 14.6 Å². The maximum atomic E-state index is 10.9. The smallest absolute Gasteiger partial charge is 0.307 e. The zero-order valence-electron chi connectivity index (χ0n) is 12.2. The average molecular weight is 285 g/mol. The number of hydrogen-bond donors (Lipinski definition) is 1. The molecule has 0 unspecified atom stereocenters. The van der Waals surface area contributed by atoms with E-state index in [-0.39, 0.29) is 6.42 Å². The van der Waals surface area contributed by atoms with E-state index in [9.17, 15) is 4.79 Å². The topological polar surface area (TPSA) is 49.8 Å². The standard InChI is InChI=1S/C17H19NO3/c1-18(2)15-8-5-9-16(11-15)21-12-14-7-4-3-6-13(14)10-17(19)20/h3-9,11H,10,12H2,1-2H3,(H,19,20). The fraction of sp³-hybridized carbons (Fsp3) is 0.235. The van der Waals surface area contributed by atoms with Crippen LogP contribution in [0.1, 0.15) is 11.1 Å². The minimum absolute atomic E-state index is 0.0112. The van der Waals surface area contributed by atoms with Crippen LogP contribution in [0, 0.1) is 0 Å². The molecule has 4 heteroatoms. The van der Waals surface area contributed by atoms with Crippen LogP contribution in [0.5, 0.6) is 5.75 Å². The first-order valence-electron chi connectivity index (χ1n) is 6.75. The first kappa shape index (κ1) is 14.9. The average Bonchev–Trinajstić information content (AvgIpc) is 2.46. The van der Waals surface area contributed by atoms with Gasteiger partial charge >= 0.3 is 5.97 Å². The van der Waals surface area contributed by atoms with Gasteiger partial charge in [-0.05, 0) is 23.3 Å². The van der Waals surface area contributed by atoms with Crippen molar-refractivity contribution in [2.75, 3.05) is 19.0 Å². The minimum atomic E-state index is -0.836. The molecule has 1 N–H and O–H groups in total. The van der Waals surface area contributed by atoms with Gasteiger partial charge in [-0.15, -0.1) is 0 Å². The first-order chi connectivity index (χ1) is 10.1. The number of carboxylic acid groups (broad SMARTS) is 1. The lowest BCUT2D eigenvalue weighted by Crippen LogP contribution is -2.09. The van der Waals surface area contributed by atoms with Gasteiger partial charge in [0, 0.05) is 25.8 Å². The largest absolute Gasteiger partial charge is 0.489 e. The van der Waals surface area contributed by atoms with Gasteiger partial charge in [0.1, 0.15) is 12.4 Å². The number of hydrogen-bond acceptors (Lipinski definition) is 3. The molecule has 21 heavy (non-hydrogen) atoms. The van der Waals surface area contributed by atoms with Crippen molar-refractivity contribution in [1.29, 1.82) is 0 Å².